The highest BCUT2D eigenvalue weighted by Crippen LogP contribution is 2.34. The van der Waals surface area contributed by atoms with Gasteiger partial charge in [0.1, 0.15) is 23.2 Å². The summed E-state index contributed by atoms with van der Waals surface area (Å²) in [7, 11) is 0. The number of benzene rings is 2. The third-order valence-electron chi connectivity index (χ3n) is 4.76. The number of pyridine rings is 1. The van der Waals surface area contributed by atoms with Gasteiger partial charge in [0.2, 0.25) is 0 Å². The molecule has 2 heterocycles. The number of para-hydroxylation sites is 2. The van der Waals surface area contributed by atoms with Crippen LogP contribution in [0.1, 0.15) is 5.56 Å². The number of fused-ring (bicyclic) bond motifs is 1. The van der Waals surface area contributed by atoms with Crippen LogP contribution < -0.4 is 9.80 Å². The average molecular weight is 348 g/mol. The monoisotopic (exact) mass is 348 g/mol. The van der Waals surface area contributed by atoms with Gasteiger partial charge < -0.3 is 14.9 Å². The first-order valence-corrected chi connectivity index (χ1v) is 8.44. The van der Waals surface area contributed by atoms with Gasteiger partial charge in [-0.3, -0.25) is 4.98 Å². The van der Waals surface area contributed by atoms with Crippen LogP contribution in [0.5, 0.6) is 5.75 Å². The molecule has 0 aliphatic carbocycles. The first-order chi connectivity index (χ1) is 12.7. The summed E-state index contributed by atoms with van der Waals surface area (Å²) < 4.78 is 14.0. The van der Waals surface area contributed by atoms with E-state index >= 15 is 0 Å². The van der Waals surface area contributed by atoms with Gasteiger partial charge in [-0.25, -0.2) is 4.39 Å². The number of aromatic hydroxyl groups is 1. The third-order valence-corrected chi connectivity index (χ3v) is 4.76. The molecular weight excluding hydrogens is 331 g/mol. The number of nitrogens with zero attached hydrogens (tertiary/aromatic N) is 4. The molecular formula is C20H17FN4O. The van der Waals surface area contributed by atoms with Gasteiger partial charge in [-0.05, 0) is 18.2 Å². The zero-order valence-corrected chi connectivity index (χ0v) is 14.1. The lowest BCUT2D eigenvalue weighted by Crippen LogP contribution is -2.47. The van der Waals surface area contributed by atoms with Gasteiger partial charge in [0, 0.05) is 37.8 Å². The molecule has 0 amide bonds. The van der Waals surface area contributed by atoms with E-state index in [4.69, 9.17) is 0 Å². The largest absolute Gasteiger partial charge is 0.506 e. The average Bonchev–Trinajstić information content (AvgIpc) is 2.68. The molecule has 1 aliphatic heterocycles. The number of anilines is 2. The zero-order valence-electron chi connectivity index (χ0n) is 14.1. The summed E-state index contributed by atoms with van der Waals surface area (Å²) in [6, 6.07) is 14.2. The number of piperazine rings is 1. The van der Waals surface area contributed by atoms with E-state index in [0.29, 0.717) is 42.9 Å². The van der Waals surface area contributed by atoms with Gasteiger partial charge in [-0.1, -0.05) is 24.3 Å². The molecule has 1 N–H and O–H groups in total. The van der Waals surface area contributed by atoms with Crippen LogP contribution in [0.25, 0.3) is 10.9 Å². The van der Waals surface area contributed by atoms with Gasteiger partial charge in [0.05, 0.1) is 16.9 Å². The summed E-state index contributed by atoms with van der Waals surface area (Å²) in [6.45, 7) is 2.60. The van der Waals surface area contributed by atoms with Gasteiger partial charge >= 0.3 is 0 Å². The molecule has 0 atom stereocenters. The maximum atomic E-state index is 14.0. The highest BCUT2D eigenvalue weighted by molar-refractivity contribution is 5.97. The van der Waals surface area contributed by atoms with Crippen molar-refractivity contribution in [2.45, 2.75) is 0 Å². The van der Waals surface area contributed by atoms with Crippen LogP contribution in [0.15, 0.2) is 48.7 Å². The smallest absolute Gasteiger partial charge is 0.146 e. The topological polar surface area (TPSA) is 63.4 Å². The molecule has 0 radical (unpaired) electrons. The van der Waals surface area contributed by atoms with E-state index in [1.54, 1.807) is 24.3 Å². The Kier molecular flexibility index (Phi) is 4.05. The molecule has 2 aromatic carbocycles. The van der Waals surface area contributed by atoms with Crippen molar-refractivity contribution in [1.82, 2.24) is 4.98 Å². The van der Waals surface area contributed by atoms with E-state index in [-0.39, 0.29) is 11.6 Å². The van der Waals surface area contributed by atoms with E-state index < -0.39 is 0 Å². The van der Waals surface area contributed by atoms with Crippen LogP contribution in [0, 0.1) is 17.1 Å². The standard InChI is InChI=1S/C20H17FN4O/c21-16-5-1-2-6-17(16)24-8-10-25(11-9-24)20-14(12-22)13-23-19-15(20)4-3-7-18(19)26/h1-7,13,26H,8-11H2. The Hall–Kier alpha value is -3.33. The number of hydrogen-bond acceptors (Lipinski definition) is 5. The summed E-state index contributed by atoms with van der Waals surface area (Å²) in [6.07, 6.45) is 1.50. The Morgan fingerprint density at radius 1 is 1.00 bits per heavy atom. The van der Waals surface area contributed by atoms with Crippen molar-refractivity contribution in [1.29, 1.82) is 5.26 Å². The van der Waals surface area contributed by atoms with Crippen molar-refractivity contribution in [3.05, 3.63) is 60.0 Å². The first-order valence-electron chi connectivity index (χ1n) is 8.44. The molecule has 5 nitrogen and oxygen atoms in total. The molecule has 130 valence electrons. The molecule has 3 aromatic rings. The van der Waals surface area contributed by atoms with Crippen LogP contribution in [-0.4, -0.2) is 36.3 Å². The fraction of sp³-hybridized carbons (Fsp3) is 0.200. The Morgan fingerprint density at radius 3 is 2.46 bits per heavy atom. The number of nitriles is 1. The summed E-state index contributed by atoms with van der Waals surface area (Å²) in [5.74, 6) is -0.129. The van der Waals surface area contributed by atoms with Crippen LogP contribution in [0.2, 0.25) is 0 Å². The molecule has 4 rings (SSSR count). The molecule has 0 bridgehead atoms. The van der Waals surface area contributed by atoms with Crippen molar-refractivity contribution in [2.24, 2.45) is 0 Å². The molecule has 1 fully saturated rings. The number of aromatic nitrogens is 1. The summed E-state index contributed by atoms with van der Waals surface area (Å²) >= 11 is 0. The molecule has 1 saturated heterocycles. The van der Waals surface area contributed by atoms with Crippen molar-refractivity contribution < 1.29 is 9.50 Å². The second-order valence-electron chi connectivity index (χ2n) is 6.23. The number of phenols is 1. The molecule has 26 heavy (non-hydrogen) atoms. The second-order valence-corrected chi connectivity index (χ2v) is 6.23. The second kappa shape index (κ2) is 6.52. The maximum Gasteiger partial charge on any atom is 0.146 e. The SMILES string of the molecule is N#Cc1cnc2c(O)cccc2c1N1CCN(c2ccccc2F)CC1. The lowest BCUT2D eigenvalue weighted by molar-refractivity contribution is 0.480. The van der Waals surface area contributed by atoms with E-state index in [1.807, 2.05) is 17.0 Å². The predicted molar refractivity (Wildman–Crippen MR) is 98.9 cm³/mol. The molecule has 0 spiro atoms. The van der Waals surface area contributed by atoms with E-state index in [0.717, 1.165) is 11.1 Å². The number of halogens is 1. The highest BCUT2D eigenvalue weighted by Gasteiger charge is 2.23. The minimum atomic E-state index is -0.224. The van der Waals surface area contributed by atoms with Crippen LogP contribution in [0.4, 0.5) is 15.8 Å². The van der Waals surface area contributed by atoms with E-state index in [9.17, 15) is 14.8 Å². The normalized spacial score (nSPS) is 14.5. The number of phenolic OH excluding ortho intramolecular Hbond substituents is 1. The van der Waals surface area contributed by atoms with E-state index in [2.05, 4.69) is 16.0 Å². The summed E-state index contributed by atoms with van der Waals surface area (Å²) in [5, 5.41) is 20.3. The van der Waals surface area contributed by atoms with Crippen molar-refractivity contribution >= 4 is 22.3 Å². The highest BCUT2D eigenvalue weighted by atomic mass is 19.1. The Morgan fingerprint density at radius 2 is 1.73 bits per heavy atom. The summed E-state index contributed by atoms with van der Waals surface area (Å²) in [5.41, 5.74) is 2.34. The number of rotatable bonds is 2. The van der Waals surface area contributed by atoms with Crippen molar-refractivity contribution in [2.75, 3.05) is 36.0 Å². The Bertz CT molecular complexity index is 1010. The van der Waals surface area contributed by atoms with Crippen LogP contribution >= 0.6 is 0 Å². The van der Waals surface area contributed by atoms with Gasteiger partial charge in [0.15, 0.2) is 0 Å². The maximum absolute atomic E-state index is 14.0. The lowest BCUT2D eigenvalue weighted by Gasteiger charge is -2.38. The minimum Gasteiger partial charge on any atom is -0.506 e. The first kappa shape index (κ1) is 16.2. The molecule has 1 aliphatic rings. The van der Waals surface area contributed by atoms with Gasteiger partial charge in [-0.15, -0.1) is 0 Å². The van der Waals surface area contributed by atoms with Gasteiger partial charge in [-0.2, -0.15) is 5.26 Å². The minimum absolute atomic E-state index is 0.0956. The molecule has 0 saturated carbocycles. The molecule has 6 heteroatoms. The van der Waals surface area contributed by atoms with Gasteiger partial charge in [0.25, 0.3) is 0 Å². The summed E-state index contributed by atoms with van der Waals surface area (Å²) in [4.78, 5) is 8.35. The van der Waals surface area contributed by atoms with Crippen molar-refractivity contribution in [3.8, 4) is 11.8 Å². The molecule has 1 aromatic heterocycles. The van der Waals surface area contributed by atoms with E-state index in [1.165, 1.54) is 12.3 Å². The Labute approximate surface area is 150 Å². The molecule has 0 unspecified atom stereocenters. The quantitative estimate of drug-likeness (QED) is 0.770. The fourth-order valence-corrected chi connectivity index (χ4v) is 3.50. The zero-order chi connectivity index (χ0) is 18.1. The van der Waals surface area contributed by atoms with Crippen LogP contribution in [0.3, 0.4) is 0 Å². The fourth-order valence-electron chi connectivity index (χ4n) is 3.50. The van der Waals surface area contributed by atoms with Crippen molar-refractivity contribution in [3.63, 3.8) is 0 Å². The van der Waals surface area contributed by atoms with Crippen LogP contribution in [-0.2, 0) is 0 Å². The Balaban J connectivity index is 1.67. The lowest BCUT2D eigenvalue weighted by atomic mass is 10.1. The number of hydrogen-bond donors (Lipinski definition) is 1. The third kappa shape index (κ3) is 2.68. The predicted octanol–water partition coefficient (Wildman–Crippen LogP) is 3.28.